The molecule has 0 unspecified atom stereocenters. The molecule has 0 radical (unpaired) electrons. The van der Waals surface area contributed by atoms with Crippen LogP contribution in [0.2, 0.25) is 0 Å². The first-order valence-electron chi connectivity index (χ1n) is 4.91. The molecule has 0 fully saturated rings. The van der Waals surface area contributed by atoms with Crippen LogP contribution < -0.4 is 0 Å². The minimum absolute atomic E-state index is 0.0976. The van der Waals surface area contributed by atoms with Crippen LogP contribution in [0, 0.1) is 0 Å². The number of esters is 3. The molecule has 0 atom stereocenters. The standard InChI is InChI=1S/C6H10O4.C4H8O3/c1-5(7)9-3-4-10-6(2)8;1-4(6)7-3-2-5/h3-4H2,1-2H3;5H,2-3H2,1H3. The number of rotatable bonds is 5. The number of hydrogen-bond donors (Lipinski definition) is 1. The van der Waals surface area contributed by atoms with Crippen LogP contribution in [0.1, 0.15) is 20.8 Å². The van der Waals surface area contributed by atoms with E-state index >= 15 is 0 Å². The SMILES string of the molecule is CC(=O)OCCO.CC(=O)OCCOC(C)=O. The van der Waals surface area contributed by atoms with Crippen molar-refractivity contribution in [2.45, 2.75) is 20.8 Å². The van der Waals surface area contributed by atoms with E-state index in [0.29, 0.717) is 0 Å². The zero-order valence-electron chi connectivity index (χ0n) is 10.2. The van der Waals surface area contributed by atoms with E-state index in [0.717, 1.165) is 0 Å². The van der Waals surface area contributed by atoms with E-state index in [2.05, 4.69) is 14.2 Å². The van der Waals surface area contributed by atoms with Gasteiger partial charge in [0.15, 0.2) is 0 Å². The molecule has 1 N–H and O–H groups in total. The van der Waals surface area contributed by atoms with Crippen LogP contribution in [0.25, 0.3) is 0 Å². The number of carbonyl (C=O) groups excluding carboxylic acids is 3. The molecule has 0 spiro atoms. The van der Waals surface area contributed by atoms with Crippen LogP contribution in [0.4, 0.5) is 0 Å². The number of hydrogen-bond acceptors (Lipinski definition) is 7. The van der Waals surface area contributed by atoms with Gasteiger partial charge in [-0.05, 0) is 0 Å². The highest BCUT2D eigenvalue weighted by Gasteiger charge is 1.94. The predicted molar refractivity (Wildman–Crippen MR) is 57.0 cm³/mol. The summed E-state index contributed by atoms with van der Waals surface area (Å²) < 4.78 is 13.3. The Bertz CT molecular complexity index is 221. The Morgan fingerprint density at radius 2 is 1.06 bits per heavy atom. The van der Waals surface area contributed by atoms with E-state index in [1.807, 2.05) is 0 Å². The van der Waals surface area contributed by atoms with E-state index in [-0.39, 0.29) is 44.3 Å². The Morgan fingerprint density at radius 3 is 1.24 bits per heavy atom. The third-order valence-electron chi connectivity index (χ3n) is 1.09. The number of aliphatic hydroxyl groups excluding tert-OH is 1. The third kappa shape index (κ3) is 25.0. The maximum atomic E-state index is 10.1. The monoisotopic (exact) mass is 250 g/mol. The maximum absolute atomic E-state index is 10.1. The van der Waals surface area contributed by atoms with Gasteiger partial charge in [-0.15, -0.1) is 0 Å². The van der Waals surface area contributed by atoms with Crippen molar-refractivity contribution in [1.29, 1.82) is 0 Å². The first kappa shape index (κ1) is 17.8. The van der Waals surface area contributed by atoms with E-state index in [4.69, 9.17) is 5.11 Å². The molecule has 7 nitrogen and oxygen atoms in total. The van der Waals surface area contributed by atoms with Crippen molar-refractivity contribution in [2.24, 2.45) is 0 Å². The van der Waals surface area contributed by atoms with Crippen molar-refractivity contribution in [1.82, 2.24) is 0 Å². The Hall–Kier alpha value is -1.63. The summed E-state index contributed by atoms with van der Waals surface area (Å²) in [4.78, 5) is 30.1. The van der Waals surface area contributed by atoms with Crippen molar-refractivity contribution >= 4 is 17.9 Å². The quantitative estimate of drug-likeness (QED) is 0.404. The smallest absolute Gasteiger partial charge is 0.302 e. The molecular formula is C10H18O7. The lowest BCUT2D eigenvalue weighted by molar-refractivity contribution is -0.149. The molecule has 100 valence electrons. The minimum atomic E-state index is -0.368. The van der Waals surface area contributed by atoms with Gasteiger partial charge in [-0.2, -0.15) is 0 Å². The van der Waals surface area contributed by atoms with E-state index in [1.165, 1.54) is 20.8 Å². The molecule has 0 heterocycles. The van der Waals surface area contributed by atoms with Gasteiger partial charge in [0.25, 0.3) is 0 Å². The summed E-state index contributed by atoms with van der Waals surface area (Å²) >= 11 is 0. The Morgan fingerprint density at radius 1 is 0.765 bits per heavy atom. The fraction of sp³-hybridized carbons (Fsp3) is 0.700. The lowest BCUT2D eigenvalue weighted by Crippen LogP contribution is -2.09. The molecule has 7 heteroatoms. The van der Waals surface area contributed by atoms with Crippen molar-refractivity contribution in [3.63, 3.8) is 0 Å². The molecule has 0 amide bonds. The second-order valence-corrected chi connectivity index (χ2v) is 2.74. The number of aliphatic hydroxyl groups is 1. The summed E-state index contributed by atoms with van der Waals surface area (Å²) in [6.07, 6.45) is 0. The topological polar surface area (TPSA) is 99.1 Å². The lowest BCUT2D eigenvalue weighted by Gasteiger charge is -2.00. The van der Waals surface area contributed by atoms with Gasteiger partial charge in [0.2, 0.25) is 0 Å². The van der Waals surface area contributed by atoms with Gasteiger partial charge in [-0.25, -0.2) is 0 Å². The zero-order chi connectivity index (χ0) is 13.7. The molecular weight excluding hydrogens is 232 g/mol. The first-order chi connectivity index (χ1) is 7.90. The van der Waals surface area contributed by atoms with Gasteiger partial charge in [0.05, 0.1) is 6.61 Å². The van der Waals surface area contributed by atoms with Crippen LogP contribution in [0.15, 0.2) is 0 Å². The fourth-order valence-electron chi connectivity index (χ4n) is 0.560. The van der Waals surface area contributed by atoms with Gasteiger partial charge in [0.1, 0.15) is 19.8 Å². The van der Waals surface area contributed by atoms with Gasteiger partial charge >= 0.3 is 17.9 Å². The summed E-state index contributed by atoms with van der Waals surface area (Å²) in [6, 6.07) is 0. The molecule has 0 aliphatic heterocycles. The zero-order valence-corrected chi connectivity index (χ0v) is 10.2. The van der Waals surface area contributed by atoms with Gasteiger partial charge in [-0.3, -0.25) is 14.4 Å². The van der Waals surface area contributed by atoms with Crippen molar-refractivity contribution in [2.75, 3.05) is 26.4 Å². The van der Waals surface area contributed by atoms with Gasteiger partial charge in [0, 0.05) is 20.8 Å². The lowest BCUT2D eigenvalue weighted by atomic mass is 10.7. The van der Waals surface area contributed by atoms with Crippen molar-refractivity contribution in [3.05, 3.63) is 0 Å². The summed E-state index contributed by atoms with van der Waals surface area (Å²) in [6.45, 7) is 4.18. The number of ether oxygens (including phenoxy) is 3. The highest BCUT2D eigenvalue weighted by atomic mass is 16.6. The summed E-state index contributed by atoms with van der Waals surface area (Å²) in [7, 11) is 0. The fourth-order valence-corrected chi connectivity index (χ4v) is 0.560. The first-order valence-corrected chi connectivity index (χ1v) is 4.91. The molecule has 0 aliphatic carbocycles. The molecule has 0 saturated heterocycles. The van der Waals surface area contributed by atoms with Crippen LogP contribution in [-0.2, 0) is 28.6 Å². The van der Waals surface area contributed by atoms with Gasteiger partial charge in [-0.1, -0.05) is 0 Å². The van der Waals surface area contributed by atoms with E-state index in [9.17, 15) is 14.4 Å². The van der Waals surface area contributed by atoms with Crippen molar-refractivity contribution in [3.8, 4) is 0 Å². The van der Waals surface area contributed by atoms with Crippen molar-refractivity contribution < 1.29 is 33.7 Å². The minimum Gasteiger partial charge on any atom is -0.463 e. The van der Waals surface area contributed by atoms with Crippen LogP contribution in [0.5, 0.6) is 0 Å². The van der Waals surface area contributed by atoms with E-state index < -0.39 is 0 Å². The van der Waals surface area contributed by atoms with Crippen LogP contribution in [-0.4, -0.2) is 49.4 Å². The Labute approximate surface area is 99.6 Å². The summed E-state index contributed by atoms with van der Waals surface area (Å²) in [5.41, 5.74) is 0. The second-order valence-electron chi connectivity index (χ2n) is 2.74. The molecule has 0 aromatic heterocycles. The maximum Gasteiger partial charge on any atom is 0.302 e. The molecule has 0 aromatic carbocycles. The number of carbonyl (C=O) groups is 3. The normalized spacial score (nSPS) is 8.47. The van der Waals surface area contributed by atoms with Gasteiger partial charge < -0.3 is 19.3 Å². The largest absolute Gasteiger partial charge is 0.463 e. The molecule has 0 rings (SSSR count). The highest BCUT2D eigenvalue weighted by Crippen LogP contribution is 1.79. The Balaban J connectivity index is 0. The molecule has 0 aromatic rings. The average molecular weight is 250 g/mol. The highest BCUT2D eigenvalue weighted by molar-refractivity contribution is 5.66. The average Bonchev–Trinajstić information content (AvgIpc) is 2.22. The molecule has 0 saturated carbocycles. The third-order valence-corrected chi connectivity index (χ3v) is 1.09. The van der Waals surface area contributed by atoms with E-state index in [1.54, 1.807) is 0 Å². The second kappa shape index (κ2) is 12.4. The Kier molecular flexibility index (Phi) is 13.0. The van der Waals surface area contributed by atoms with Crippen LogP contribution in [0.3, 0.4) is 0 Å². The summed E-state index contributed by atoms with van der Waals surface area (Å²) in [5, 5.41) is 8.04. The van der Waals surface area contributed by atoms with Crippen LogP contribution >= 0.6 is 0 Å². The summed E-state index contributed by atoms with van der Waals surface area (Å²) in [5.74, 6) is -1.09. The molecule has 0 aliphatic rings. The molecule has 17 heavy (non-hydrogen) atoms. The molecule has 0 bridgehead atoms. The predicted octanol–water partition coefficient (Wildman–Crippen LogP) is -0.346.